The molecule has 10 aromatic rings. The first-order valence-corrected chi connectivity index (χ1v) is 30.9. The van der Waals surface area contributed by atoms with Crippen LogP contribution < -0.4 is 52.4 Å². The molecule has 0 aliphatic carbocycles. The molecule has 0 amide bonds. The van der Waals surface area contributed by atoms with Gasteiger partial charge < -0.3 is 0 Å². The molecule has 0 spiro atoms. The molecule has 5 aliphatic rings. The van der Waals surface area contributed by atoms with Gasteiger partial charge in [-0.1, -0.05) is 0 Å². The van der Waals surface area contributed by atoms with Crippen molar-refractivity contribution in [1.82, 2.24) is 0 Å². The van der Waals surface area contributed by atoms with Gasteiger partial charge >= 0.3 is 490 Å². The monoisotopic (exact) mass is 1110 g/mol. The van der Waals surface area contributed by atoms with E-state index < -0.39 is 0 Å². The molecule has 396 valence electrons. The van der Waals surface area contributed by atoms with E-state index in [1.54, 1.807) is 0 Å². The molecule has 0 fully saturated rings. The molecule has 0 saturated carbocycles. The van der Waals surface area contributed by atoms with E-state index in [0.29, 0.717) is 0 Å². The molecule has 0 atom stereocenters. The van der Waals surface area contributed by atoms with Gasteiger partial charge in [0.15, 0.2) is 0 Å². The Kier molecular flexibility index (Phi) is 10.8. The Bertz CT molecular complexity index is 4230. The summed E-state index contributed by atoms with van der Waals surface area (Å²) in [4.78, 5) is 10.9. The molecule has 5 aliphatic heterocycles. The summed E-state index contributed by atoms with van der Waals surface area (Å²) in [6, 6.07) is 75.5. The van der Waals surface area contributed by atoms with Gasteiger partial charge in [-0.3, -0.25) is 0 Å². The van der Waals surface area contributed by atoms with Gasteiger partial charge in [-0.05, 0) is 0 Å². The molecule has 9 aromatic carbocycles. The standard InChI is InChI=1S/C74H68B2N4Se/c1-71(2,3)47-34-38-57-56(39-47)76-55-37-36-54-65-66(55)80(62-44-49(73(7,8)9)41-59(64(62)76)77(57)51-29-21-15-22-30-51)68-67(69(45-25-17-13-18-26-45)81-70(68)46-27-19-14-20-28-46)79(65)61-43-50(74(10,11)12)42-60-63(61)75(54)53-35-33-48(72(4,5)6)40-58(53)78(60)52-31-23-16-24-32-52/h13-44H,1-12H3. The molecule has 4 nitrogen and oxygen atoms in total. The van der Waals surface area contributed by atoms with E-state index in [9.17, 15) is 0 Å². The van der Waals surface area contributed by atoms with Crippen molar-refractivity contribution < 1.29 is 0 Å². The van der Waals surface area contributed by atoms with Crippen molar-refractivity contribution in [2.75, 3.05) is 19.6 Å². The number of hydrogen-bond acceptors (Lipinski definition) is 4. The molecule has 0 saturated heterocycles. The average molecular weight is 1110 g/mol. The van der Waals surface area contributed by atoms with Crippen molar-refractivity contribution in [2.24, 2.45) is 0 Å². The fraction of sp³-hybridized carbons (Fsp3) is 0.216. The van der Waals surface area contributed by atoms with Crippen LogP contribution in [0.15, 0.2) is 194 Å². The Morgan fingerprint density at radius 2 is 0.630 bits per heavy atom. The van der Waals surface area contributed by atoms with E-state index in [0.717, 1.165) is 0 Å². The van der Waals surface area contributed by atoms with Crippen LogP contribution in [0.2, 0.25) is 0 Å². The van der Waals surface area contributed by atoms with Crippen molar-refractivity contribution in [3.05, 3.63) is 216 Å². The number of para-hydroxylation sites is 2. The van der Waals surface area contributed by atoms with Crippen LogP contribution in [0.3, 0.4) is 0 Å². The number of benzene rings is 9. The Morgan fingerprint density at radius 1 is 0.284 bits per heavy atom. The molecular weight excluding hydrogens is 1050 g/mol. The van der Waals surface area contributed by atoms with Crippen molar-refractivity contribution in [2.45, 2.75) is 105 Å². The predicted octanol–water partition coefficient (Wildman–Crippen LogP) is 15.7. The maximum absolute atomic E-state index is 2.83. The van der Waals surface area contributed by atoms with Crippen LogP contribution >= 0.6 is 0 Å². The second kappa shape index (κ2) is 17.4. The van der Waals surface area contributed by atoms with E-state index in [4.69, 9.17) is 0 Å². The number of nitrogens with zero attached hydrogens (tertiary/aromatic N) is 4. The van der Waals surface area contributed by atoms with Crippen LogP contribution in [0.25, 0.3) is 20.0 Å². The SMILES string of the molecule is CC(C)(C)c1ccc2c(c1)B1c3ccc4c5c3N(c3cc(C(C)(C)C)cc(c31)N2c1ccccc1)c1c(-c2ccccc2)[se]c(-c2ccccc2)c1N5c1cc(C(C)(C)C)cc2c1B4c1ccc(C(C)(C)C)cc1N2c1ccccc1. The quantitative estimate of drug-likeness (QED) is 0.163. The van der Waals surface area contributed by atoms with E-state index in [-0.39, 0.29) is 49.6 Å². The summed E-state index contributed by atoms with van der Waals surface area (Å²) in [5.41, 5.74) is 30.8. The van der Waals surface area contributed by atoms with Crippen LogP contribution in [-0.4, -0.2) is 27.9 Å². The molecule has 0 radical (unpaired) electrons. The third-order valence-electron chi connectivity index (χ3n) is 18.1. The zero-order valence-corrected chi connectivity index (χ0v) is 50.5. The van der Waals surface area contributed by atoms with Gasteiger partial charge in [0, 0.05) is 0 Å². The molecular formula is C74H68B2N4Se. The van der Waals surface area contributed by atoms with Gasteiger partial charge in [0.2, 0.25) is 0 Å². The van der Waals surface area contributed by atoms with Gasteiger partial charge in [-0.2, -0.15) is 0 Å². The summed E-state index contributed by atoms with van der Waals surface area (Å²) in [6.07, 6.45) is 0. The first kappa shape index (κ1) is 50.3. The third-order valence-corrected chi connectivity index (χ3v) is 20.8. The zero-order valence-electron chi connectivity index (χ0n) is 48.8. The summed E-state index contributed by atoms with van der Waals surface area (Å²) < 4.78 is 2.82. The predicted molar refractivity (Wildman–Crippen MR) is 351 cm³/mol. The van der Waals surface area contributed by atoms with Gasteiger partial charge in [0.05, 0.1) is 0 Å². The normalized spacial score (nSPS) is 14.5. The molecule has 1 aromatic heterocycles. The van der Waals surface area contributed by atoms with Crippen LogP contribution in [0.1, 0.15) is 105 Å². The fourth-order valence-electron chi connectivity index (χ4n) is 13.9. The van der Waals surface area contributed by atoms with E-state index in [1.807, 2.05) is 0 Å². The van der Waals surface area contributed by atoms with Crippen molar-refractivity contribution in [3.8, 4) is 20.0 Å². The first-order chi connectivity index (χ1) is 38.8. The summed E-state index contributed by atoms with van der Waals surface area (Å²) >= 11 is -0.0941. The van der Waals surface area contributed by atoms with Crippen LogP contribution in [0, 0.1) is 0 Å². The molecule has 0 N–H and O–H groups in total. The minimum atomic E-state index is -0.168. The number of rotatable bonds is 4. The number of anilines is 12. The Balaban J connectivity index is 1.15. The van der Waals surface area contributed by atoms with Gasteiger partial charge in [0.1, 0.15) is 0 Å². The first-order valence-electron chi connectivity index (χ1n) is 29.2. The molecule has 7 heteroatoms. The van der Waals surface area contributed by atoms with Gasteiger partial charge in [-0.15, -0.1) is 0 Å². The van der Waals surface area contributed by atoms with Crippen molar-refractivity contribution in [3.63, 3.8) is 0 Å². The Morgan fingerprint density at radius 3 is 1.06 bits per heavy atom. The van der Waals surface area contributed by atoms with Crippen LogP contribution in [0.5, 0.6) is 0 Å². The second-order valence-electron chi connectivity index (χ2n) is 27.4. The third kappa shape index (κ3) is 7.43. The Labute approximate surface area is 486 Å². The minimum absolute atomic E-state index is 0.0456. The van der Waals surface area contributed by atoms with Gasteiger partial charge in [0.25, 0.3) is 0 Å². The molecule has 0 unspecified atom stereocenters. The maximum atomic E-state index is 2.83. The van der Waals surface area contributed by atoms with Gasteiger partial charge in [-0.25, -0.2) is 0 Å². The van der Waals surface area contributed by atoms with Crippen molar-refractivity contribution >= 4 is 129 Å². The summed E-state index contributed by atoms with van der Waals surface area (Å²) in [6.45, 7) is 28.4. The van der Waals surface area contributed by atoms with Crippen LogP contribution in [-0.2, 0) is 21.7 Å². The fourth-order valence-corrected chi connectivity index (χ4v) is 16.6. The molecule has 81 heavy (non-hydrogen) atoms. The van der Waals surface area contributed by atoms with Crippen LogP contribution in [0.4, 0.5) is 68.2 Å². The molecule has 15 rings (SSSR count). The number of fused-ring (bicyclic) bond motifs is 11. The van der Waals surface area contributed by atoms with E-state index in [1.165, 1.54) is 143 Å². The molecule has 0 bridgehead atoms. The summed E-state index contributed by atoms with van der Waals surface area (Å²) in [5, 5.41) is 0. The summed E-state index contributed by atoms with van der Waals surface area (Å²) in [7, 11) is 0. The van der Waals surface area contributed by atoms with E-state index in [2.05, 4.69) is 297 Å². The zero-order chi connectivity index (χ0) is 55.8. The number of hydrogen-bond donors (Lipinski definition) is 0. The Hall–Kier alpha value is -7.69. The van der Waals surface area contributed by atoms with E-state index >= 15 is 0 Å². The average Bonchev–Trinajstić information content (AvgIpc) is 3.58. The summed E-state index contributed by atoms with van der Waals surface area (Å²) in [5.74, 6) is 0. The second-order valence-corrected chi connectivity index (χ2v) is 29.6. The van der Waals surface area contributed by atoms with Crippen molar-refractivity contribution in [1.29, 1.82) is 0 Å². The topological polar surface area (TPSA) is 13.0 Å². The molecule has 6 heterocycles.